The first-order valence-electron chi connectivity index (χ1n) is 3.03. The Morgan fingerprint density at radius 3 is 2.55 bits per heavy atom. The van der Waals surface area contributed by atoms with Crippen LogP contribution in [-0.2, 0) is 9.53 Å². The fraction of sp³-hybridized carbons (Fsp3) is 0.800. The van der Waals surface area contributed by atoms with Gasteiger partial charge in [0, 0.05) is 22.9 Å². The topological polar surface area (TPSA) is 78.8 Å². The molecular formula is C5H8INO4. The van der Waals surface area contributed by atoms with E-state index in [-0.39, 0.29) is 0 Å². The van der Waals surface area contributed by atoms with Crippen molar-refractivity contribution in [2.75, 3.05) is 0 Å². The van der Waals surface area contributed by atoms with Crippen LogP contribution in [0.3, 0.4) is 0 Å². The standard InChI is InChI=1S/C5H8INO4/c6-7-3-2(1-8)11-5(10)4(3)9/h1-5,7,9-10H. The Bertz CT molecular complexity index is 155. The van der Waals surface area contributed by atoms with Gasteiger partial charge in [-0.1, -0.05) is 0 Å². The molecule has 0 aliphatic carbocycles. The van der Waals surface area contributed by atoms with Crippen molar-refractivity contribution >= 4 is 29.2 Å². The minimum Gasteiger partial charge on any atom is -0.386 e. The molecule has 4 unspecified atom stereocenters. The Labute approximate surface area is 77.2 Å². The van der Waals surface area contributed by atoms with Crippen molar-refractivity contribution in [3.8, 4) is 0 Å². The maximum absolute atomic E-state index is 10.3. The Balaban J connectivity index is 2.64. The molecule has 1 aliphatic rings. The van der Waals surface area contributed by atoms with Gasteiger partial charge < -0.3 is 19.7 Å². The fourth-order valence-corrected chi connectivity index (χ4v) is 1.66. The van der Waals surface area contributed by atoms with Gasteiger partial charge in [0.25, 0.3) is 0 Å². The van der Waals surface area contributed by atoms with Gasteiger partial charge in [0.2, 0.25) is 0 Å². The normalized spacial score (nSPS) is 44.3. The van der Waals surface area contributed by atoms with Gasteiger partial charge in [0.15, 0.2) is 12.6 Å². The van der Waals surface area contributed by atoms with E-state index in [2.05, 4.69) is 3.53 Å². The molecule has 0 radical (unpaired) electrons. The van der Waals surface area contributed by atoms with Crippen LogP contribution in [0.25, 0.3) is 0 Å². The summed E-state index contributed by atoms with van der Waals surface area (Å²) < 4.78 is 7.35. The van der Waals surface area contributed by atoms with Gasteiger partial charge in [0.1, 0.15) is 12.2 Å². The third-order valence-electron chi connectivity index (χ3n) is 1.57. The number of aliphatic hydroxyl groups excluding tert-OH is 2. The van der Waals surface area contributed by atoms with Gasteiger partial charge >= 0.3 is 0 Å². The highest BCUT2D eigenvalue weighted by molar-refractivity contribution is 14.1. The lowest BCUT2D eigenvalue weighted by atomic mass is 10.1. The second kappa shape index (κ2) is 3.76. The highest BCUT2D eigenvalue weighted by Crippen LogP contribution is 2.18. The van der Waals surface area contributed by atoms with Crippen LogP contribution >= 0.6 is 22.9 Å². The third-order valence-corrected chi connectivity index (χ3v) is 2.29. The van der Waals surface area contributed by atoms with Crippen LogP contribution in [0, 0.1) is 0 Å². The highest BCUT2D eigenvalue weighted by Gasteiger charge is 2.42. The number of rotatable bonds is 2. The molecule has 0 aromatic heterocycles. The van der Waals surface area contributed by atoms with E-state index in [1.165, 1.54) is 0 Å². The molecule has 0 spiro atoms. The second-order valence-corrected chi connectivity index (χ2v) is 2.88. The molecule has 1 heterocycles. The zero-order valence-electron chi connectivity index (χ0n) is 5.48. The average molecular weight is 273 g/mol. The number of nitrogens with one attached hydrogen (secondary N) is 1. The van der Waals surface area contributed by atoms with E-state index in [1.807, 2.05) is 0 Å². The van der Waals surface area contributed by atoms with E-state index in [1.54, 1.807) is 22.9 Å². The Hall–Kier alpha value is 0.240. The minimum atomic E-state index is -1.27. The van der Waals surface area contributed by atoms with Crippen LogP contribution in [0.5, 0.6) is 0 Å². The maximum atomic E-state index is 10.3. The lowest BCUT2D eigenvalue weighted by Gasteiger charge is -2.12. The van der Waals surface area contributed by atoms with Gasteiger partial charge in [-0.15, -0.1) is 0 Å². The number of ether oxygens (including phenoxy) is 1. The molecule has 1 aliphatic heterocycles. The van der Waals surface area contributed by atoms with E-state index < -0.39 is 24.5 Å². The monoisotopic (exact) mass is 273 g/mol. The quantitative estimate of drug-likeness (QED) is 0.327. The summed E-state index contributed by atoms with van der Waals surface area (Å²) in [6, 6.07) is -0.525. The van der Waals surface area contributed by atoms with Crippen LogP contribution in [0.4, 0.5) is 0 Å². The van der Waals surface area contributed by atoms with Crippen LogP contribution in [0.2, 0.25) is 0 Å². The molecule has 64 valence electrons. The molecule has 4 atom stereocenters. The predicted molar refractivity (Wildman–Crippen MR) is 43.9 cm³/mol. The van der Waals surface area contributed by atoms with Crippen LogP contribution < -0.4 is 3.53 Å². The van der Waals surface area contributed by atoms with Crippen molar-refractivity contribution in [2.45, 2.75) is 24.5 Å². The zero-order valence-corrected chi connectivity index (χ0v) is 7.63. The molecule has 0 aromatic rings. The Kier molecular flexibility index (Phi) is 3.19. The van der Waals surface area contributed by atoms with Crippen molar-refractivity contribution in [1.29, 1.82) is 0 Å². The lowest BCUT2D eigenvalue weighted by molar-refractivity contribution is -0.140. The number of carbonyl (C=O) groups is 1. The number of halogens is 1. The summed E-state index contributed by atoms with van der Waals surface area (Å²) in [7, 11) is 0. The zero-order chi connectivity index (χ0) is 8.43. The largest absolute Gasteiger partial charge is 0.386 e. The molecule has 0 amide bonds. The number of aldehydes is 1. The van der Waals surface area contributed by atoms with Gasteiger partial charge in [-0.05, 0) is 0 Å². The van der Waals surface area contributed by atoms with Crippen molar-refractivity contribution in [3.63, 3.8) is 0 Å². The van der Waals surface area contributed by atoms with Gasteiger partial charge in [-0.3, -0.25) is 3.53 Å². The summed E-state index contributed by atoms with van der Waals surface area (Å²) in [5, 5.41) is 18.1. The van der Waals surface area contributed by atoms with Gasteiger partial charge in [0.05, 0.1) is 6.04 Å². The van der Waals surface area contributed by atoms with Crippen LogP contribution in [-0.4, -0.2) is 41.0 Å². The van der Waals surface area contributed by atoms with Crippen molar-refractivity contribution < 1.29 is 19.7 Å². The van der Waals surface area contributed by atoms with E-state index in [0.29, 0.717) is 6.29 Å². The first kappa shape index (κ1) is 9.33. The number of hydrogen-bond acceptors (Lipinski definition) is 5. The van der Waals surface area contributed by atoms with E-state index >= 15 is 0 Å². The SMILES string of the molecule is O=CC1OC(O)C(O)C1NI. The molecule has 0 aromatic carbocycles. The second-order valence-electron chi connectivity index (χ2n) is 2.25. The first-order valence-corrected chi connectivity index (χ1v) is 4.11. The Morgan fingerprint density at radius 1 is 1.55 bits per heavy atom. The van der Waals surface area contributed by atoms with Gasteiger partial charge in [-0.25, -0.2) is 0 Å². The summed E-state index contributed by atoms with van der Waals surface area (Å²) in [6.07, 6.45) is -2.52. The maximum Gasteiger partial charge on any atom is 0.183 e. The number of hydrogen-bond donors (Lipinski definition) is 3. The first-order chi connectivity index (χ1) is 5.20. The predicted octanol–water partition coefficient (Wildman–Crippen LogP) is -1.43. The third kappa shape index (κ3) is 1.70. The summed E-state index contributed by atoms with van der Waals surface area (Å²) in [5.74, 6) is 0. The minimum absolute atomic E-state index is 0.525. The molecule has 1 rings (SSSR count). The fourth-order valence-electron chi connectivity index (χ4n) is 0.941. The van der Waals surface area contributed by atoms with E-state index in [9.17, 15) is 4.79 Å². The molecule has 5 nitrogen and oxygen atoms in total. The molecule has 0 bridgehead atoms. The van der Waals surface area contributed by atoms with Gasteiger partial charge in [-0.2, -0.15) is 0 Å². The van der Waals surface area contributed by atoms with E-state index in [0.717, 1.165) is 0 Å². The molecule has 1 saturated heterocycles. The molecule has 11 heavy (non-hydrogen) atoms. The molecule has 6 heteroatoms. The van der Waals surface area contributed by atoms with Crippen molar-refractivity contribution in [2.24, 2.45) is 0 Å². The van der Waals surface area contributed by atoms with Crippen LogP contribution in [0.15, 0.2) is 0 Å². The average Bonchev–Trinajstić information content (AvgIpc) is 2.28. The molecular weight excluding hydrogens is 265 g/mol. The molecule has 0 saturated carbocycles. The Morgan fingerprint density at radius 2 is 2.18 bits per heavy atom. The highest BCUT2D eigenvalue weighted by atomic mass is 127. The molecule has 3 N–H and O–H groups in total. The summed E-state index contributed by atoms with van der Waals surface area (Å²) in [5.41, 5.74) is 0. The summed E-state index contributed by atoms with van der Waals surface area (Å²) in [4.78, 5) is 10.3. The van der Waals surface area contributed by atoms with E-state index in [4.69, 9.17) is 14.9 Å². The van der Waals surface area contributed by atoms with Crippen LogP contribution in [0.1, 0.15) is 0 Å². The number of carbonyl (C=O) groups excluding carboxylic acids is 1. The number of aliphatic hydroxyl groups is 2. The lowest BCUT2D eigenvalue weighted by Crippen LogP contribution is -2.40. The smallest absolute Gasteiger partial charge is 0.183 e. The van der Waals surface area contributed by atoms with Crippen molar-refractivity contribution in [1.82, 2.24) is 3.53 Å². The van der Waals surface area contributed by atoms with Crippen molar-refractivity contribution in [3.05, 3.63) is 0 Å². The molecule has 1 fully saturated rings. The summed E-state index contributed by atoms with van der Waals surface area (Å²) >= 11 is 1.79. The summed E-state index contributed by atoms with van der Waals surface area (Å²) in [6.45, 7) is 0.